The molecule has 3 heteroatoms. The highest BCUT2D eigenvalue weighted by molar-refractivity contribution is 6.03. The number of hydrogen-bond donors (Lipinski definition) is 2. The molecule has 98 valence electrons. The molecule has 2 atom stereocenters. The first-order valence-electron chi connectivity index (χ1n) is 6.61. The van der Waals surface area contributed by atoms with E-state index < -0.39 is 6.10 Å². The molecule has 18 heavy (non-hydrogen) atoms. The number of aliphatic hydroxyl groups excluding tert-OH is 1. The van der Waals surface area contributed by atoms with E-state index in [0.29, 0.717) is 0 Å². The maximum atomic E-state index is 11.8. The second-order valence-corrected chi connectivity index (χ2v) is 5.40. The molecule has 0 radical (unpaired) electrons. The first kappa shape index (κ1) is 13.1. The fourth-order valence-corrected chi connectivity index (χ4v) is 2.41. The molecule has 0 bridgehead atoms. The van der Waals surface area contributed by atoms with Gasteiger partial charge in [0, 0.05) is 5.56 Å². The van der Waals surface area contributed by atoms with E-state index in [-0.39, 0.29) is 17.7 Å². The highest BCUT2D eigenvalue weighted by Crippen LogP contribution is 2.40. The number of aliphatic hydroxyl groups is 1. The van der Waals surface area contributed by atoms with Crippen LogP contribution in [0.1, 0.15) is 56.4 Å². The van der Waals surface area contributed by atoms with Crippen molar-refractivity contribution in [2.75, 3.05) is 5.32 Å². The summed E-state index contributed by atoms with van der Waals surface area (Å²) in [5, 5.41) is 13.2. The summed E-state index contributed by atoms with van der Waals surface area (Å²) in [6.45, 7) is 7.96. The Bertz CT molecular complexity index is 480. The molecule has 1 aromatic carbocycles. The maximum absolute atomic E-state index is 11.8. The Morgan fingerprint density at radius 3 is 2.61 bits per heavy atom. The number of amides is 1. The first-order chi connectivity index (χ1) is 8.45. The summed E-state index contributed by atoms with van der Waals surface area (Å²) in [5.74, 6) is 0.0362. The molecule has 1 aromatic rings. The molecular weight excluding hydrogens is 226 g/mol. The smallest absolute Gasteiger partial charge is 0.231 e. The minimum absolute atomic E-state index is 0.0236. The van der Waals surface area contributed by atoms with Crippen molar-refractivity contribution in [2.24, 2.45) is 5.92 Å². The third-order valence-corrected chi connectivity index (χ3v) is 3.73. The van der Waals surface area contributed by atoms with Crippen LogP contribution in [0.2, 0.25) is 0 Å². The minimum Gasteiger partial charge on any atom is -0.388 e. The largest absolute Gasteiger partial charge is 0.388 e. The van der Waals surface area contributed by atoms with Gasteiger partial charge in [0.25, 0.3) is 0 Å². The number of carbonyl (C=O) groups excluding carboxylic acids is 1. The van der Waals surface area contributed by atoms with E-state index in [4.69, 9.17) is 0 Å². The molecule has 1 aliphatic heterocycles. The molecule has 0 fully saturated rings. The van der Waals surface area contributed by atoms with Gasteiger partial charge in [-0.2, -0.15) is 0 Å². The lowest BCUT2D eigenvalue weighted by Crippen LogP contribution is -2.11. The maximum Gasteiger partial charge on any atom is 0.231 e. The topological polar surface area (TPSA) is 49.3 Å². The predicted molar refractivity (Wildman–Crippen MR) is 72.7 cm³/mol. The molecule has 2 rings (SSSR count). The van der Waals surface area contributed by atoms with Crippen molar-refractivity contribution >= 4 is 11.6 Å². The molecule has 0 spiro atoms. The Labute approximate surface area is 108 Å². The van der Waals surface area contributed by atoms with Crippen LogP contribution in [0.4, 0.5) is 5.69 Å². The van der Waals surface area contributed by atoms with E-state index in [1.165, 1.54) is 5.56 Å². The highest BCUT2D eigenvalue weighted by Gasteiger charge is 2.31. The number of anilines is 1. The predicted octanol–water partition coefficient (Wildman–Crippen LogP) is 2.99. The molecule has 3 nitrogen and oxygen atoms in total. The van der Waals surface area contributed by atoms with Crippen LogP contribution in [0.15, 0.2) is 12.1 Å². The van der Waals surface area contributed by atoms with Crippen LogP contribution in [0, 0.1) is 5.92 Å². The quantitative estimate of drug-likeness (QED) is 0.862. The van der Waals surface area contributed by atoms with Crippen LogP contribution in [-0.4, -0.2) is 11.0 Å². The summed E-state index contributed by atoms with van der Waals surface area (Å²) in [4.78, 5) is 11.8. The zero-order valence-corrected chi connectivity index (χ0v) is 11.4. The standard InChI is InChI=1S/C15H21NO2/c1-5-10-6-11-9(4)15(18)16-13(11)12(7-10)14(17)8(2)3/h6-9,14,17H,5H2,1-4H3,(H,16,18). The molecule has 2 unspecified atom stereocenters. The van der Waals surface area contributed by atoms with Crippen molar-refractivity contribution in [3.8, 4) is 0 Å². The van der Waals surface area contributed by atoms with Crippen molar-refractivity contribution < 1.29 is 9.90 Å². The molecule has 1 heterocycles. The van der Waals surface area contributed by atoms with Gasteiger partial charge in [-0.1, -0.05) is 32.9 Å². The van der Waals surface area contributed by atoms with E-state index >= 15 is 0 Å². The van der Waals surface area contributed by atoms with Crippen LogP contribution < -0.4 is 5.32 Å². The van der Waals surface area contributed by atoms with Crippen molar-refractivity contribution in [1.82, 2.24) is 0 Å². The van der Waals surface area contributed by atoms with Gasteiger partial charge in [0.05, 0.1) is 17.7 Å². The molecule has 1 aliphatic rings. The van der Waals surface area contributed by atoms with Gasteiger partial charge in [-0.3, -0.25) is 4.79 Å². The molecule has 1 amide bonds. The Balaban J connectivity index is 2.57. The minimum atomic E-state index is -0.532. The number of hydrogen-bond acceptors (Lipinski definition) is 2. The summed E-state index contributed by atoms with van der Waals surface area (Å²) in [6, 6.07) is 4.09. The van der Waals surface area contributed by atoms with Crippen molar-refractivity contribution in [3.05, 3.63) is 28.8 Å². The number of benzene rings is 1. The van der Waals surface area contributed by atoms with Crippen LogP contribution in [0.3, 0.4) is 0 Å². The fraction of sp³-hybridized carbons (Fsp3) is 0.533. The number of carbonyl (C=O) groups is 1. The molecular formula is C15H21NO2. The first-order valence-corrected chi connectivity index (χ1v) is 6.61. The molecule has 0 saturated heterocycles. The molecule has 0 saturated carbocycles. The van der Waals surface area contributed by atoms with Gasteiger partial charge in [-0.05, 0) is 30.4 Å². The van der Waals surface area contributed by atoms with Gasteiger partial charge >= 0.3 is 0 Å². The third kappa shape index (κ3) is 2.03. The van der Waals surface area contributed by atoms with Crippen LogP contribution in [0.25, 0.3) is 0 Å². The van der Waals surface area contributed by atoms with Gasteiger partial charge in [-0.15, -0.1) is 0 Å². The van der Waals surface area contributed by atoms with E-state index in [9.17, 15) is 9.90 Å². The Hall–Kier alpha value is -1.35. The van der Waals surface area contributed by atoms with Crippen molar-refractivity contribution in [3.63, 3.8) is 0 Å². The monoisotopic (exact) mass is 247 g/mol. The van der Waals surface area contributed by atoms with Crippen molar-refractivity contribution in [1.29, 1.82) is 0 Å². The van der Waals surface area contributed by atoms with Crippen LogP contribution >= 0.6 is 0 Å². The lowest BCUT2D eigenvalue weighted by molar-refractivity contribution is -0.116. The SMILES string of the molecule is CCc1cc2c(c(C(O)C(C)C)c1)NC(=O)C2C. The summed E-state index contributed by atoms with van der Waals surface area (Å²) >= 11 is 0. The van der Waals surface area contributed by atoms with Gasteiger partial charge in [0.1, 0.15) is 0 Å². The zero-order valence-electron chi connectivity index (χ0n) is 11.4. The summed E-state index contributed by atoms with van der Waals surface area (Å²) in [7, 11) is 0. The average molecular weight is 247 g/mol. The highest BCUT2D eigenvalue weighted by atomic mass is 16.3. The van der Waals surface area contributed by atoms with E-state index in [0.717, 1.165) is 23.2 Å². The number of fused-ring (bicyclic) bond motifs is 1. The van der Waals surface area contributed by atoms with Gasteiger partial charge < -0.3 is 10.4 Å². The zero-order chi connectivity index (χ0) is 13.4. The fourth-order valence-electron chi connectivity index (χ4n) is 2.41. The average Bonchev–Trinajstić information content (AvgIpc) is 2.63. The van der Waals surface area contributed by atoms with E-state index in [1.807, 2.05) is 26.8 Å². The van der Waals surface area contributed by atoms with Gasteiger partial charge in [0.2, 0.25) is 5.91 Å². The lowest BCUT2D eigenvalue weighted by Gasteiger charge is -2.19. The second kappa shape index (κ2) is 4.73. The van der Waals surface area contributed by atoms with Crippen molar-refractivity contribution in [2.45, 2.75) is 46.1 Å². The normalized spacial score (nSPS) is 19.9. The van der Waals surface area contributed by atoms with Crippen LogP contribution in [0.5, 0.6) is 0 Å². The molecule has 0 aliphatic carbocycles. The molecule has 0 aromatic heterocycles. The van der Waals surface area contributed by atoms with Gasteiger partial charge in [-0.25, -0.2) is 0 Å². The number of aryl methyl sites for hydroxylation is 1. The Morgan fingerprint density at radius 1 is 1.39 bits per heavy atom. The second-order valence-electron chi connectivity index (χ2n) is 5.40. The van der Waals surface area contributed by atoms with Gasteiger partial charge in [0.15, 0.2) is 0 Å². The third-order valence-electron chi connectivity index (χ3n) is 3.73. The number of nitrogens with one attached hydrogen (secondary N) is 1. The lowest BCUT2D eigenvalue weighted by atomic mass is 9.91. The Morgan fingerprint density at radius 2 is 2.06 bits per heavy atom. The Kier molecular flexibility index (Phi) is 3.44. The molecule has 2 N–H and O–H groups in total. The summed E-state index contributed by atoms with van der Waals surface area (Å²) < 4.78 is 0. The number of rotatable bonds is 3. The van der Waals surface area contributed by atoms with Crippen LogP contribution in [-0.2, 0) is 11.2 Å². The van der Waals surface area contributed by atoms with E-state index in [1.54, 1.807) is 0 Å². The summed E-state index contributed by atoms with van der Waals surface area (Å²) in [5.41, 5.74) is 3.88. The van der Waals surface area contributed by atoms with E-state index in [2.05, 4.69) is 18.3 Å². The summed E-state index contributed by atoms with van der Waals surface area (Å²) in [6.07, 6.45) is 0.377.